The summed E-state index contributed by atoms with van der Waals surface area (Å²) in [4.78, 5) is 2.18. The van der Waals surface area contributed by atoms with Gasteiger partial charge in [0.1, 0.15) is 5.75 Å². The second kappa shape index (κ2) is 5.95. The summed E-state index contributed by atoms with van der Waals surface area (Å²) in [7, 11) is 2.04. The van der Waals surface area contributed by atoms with Gasteiger partial charge in [-0.2, -0.15) is 0 Å². The minimum absolute atomic E-state index is 0.130. The van der Waals surface area contributed by atoms with Gasteiger partial charge in [-0.15, -0.1) is 0 Å². The van der Waals surface area contributed by atoms with Crippen LogP contribution < -0.4 is 5.73 Å². The van der Waals surface area contributed by atoms with Crippen molar-refractivity contribution in [2.45, 2.75) is 13.0 Å². The van der Waals surface area contributed by atoms with Gasteiger partial charge in [0.25, 0.3) is 0 Å². The fourth-order valence-electron chi connectivity index (χ4n) is 1.40. The third-order valence-electron chi connectivity index (χ3n) is 2.21. The highest BCUT2D eigenvalue weighted by Gasteiger charge is 2.03. The average molecular weight is 229 g/mol. The molecule has 0 bridgehead atoms. The number of phenolic OH excluding ortho intramolecular Hbond substituents is 1. The van der Waals surface area contributed by atoms with Crippen LogP contribution in [0.4, 0.5) is 0 Å². The molecule has 0 aliphatic carbocycles. The highest BCUT2D eigenvalue weighted by atomic mass is 35.5. The molecular weight excluding hydrogens is 212 g/mol. The molecule has 84 valence electrons. The number of rotatable bonds is 5. The SMILES string of the molecule is CN(CCCN)Cc1ccc(O)c(Cl)c1. The van der Waals surface area contributed by atoms with Crippen LogP contribution in [-0.4, -0.2) is 30.1 Å². The van der Waals surface area contributed by atoms with Gasteiger partial charge in [0.05, 0.1) is 5.02 Å². The molecule has 0 heterocycles. The first-order valence-electron chi connectivity index (χ1n) is 4.99. The molecule has 3 N–H and O–H groups in total. The lowest BCUT2D eigenvalue weighted by Gasteiger charge is -2.16. The van der Waals surface area contributed by atoms with E-state index in [4.69, 9.17) is 17.3 Å². The Bertz CT molecular complexity index is 317. The van der Waals surface area contributed by atoms with E-state index in [1.807, 2.05) is 13.1 Å². The van der Waals surface area contributed by atoms with Crippen molar-refractivity contribution in [1.29, 1.82) is 0 Å². The Labute approximate surface area is 95.5 Å². The maximum atomic E-state index is 9.26. The van der Waals surface area contributed by atoms with Gasteiger partial charge in [0, 0.05) is 6.54 Å². The van der Waals surface area contributed by atoms with Crippen molar-refractivity contribution in [3.05, 3.63) is 28.8 Å². The minimum atomic E-state index is 0.130. The van der Waals surface area contributed by atoms with Gasteiger partial charge in [0.2, 0.25) is 0 Å². The lowest BCUT2D eigenvalue weighted by atomic mass is 10.2. The van der Waals surface area contributed by atoms with Crippen LogP contribution >= 0.6 is 11.6 Å². The molecule has 0 radical (unpaired) electrons. The van der Waals surface area contributed by atoms with E-state index in [2.05, 4.69) is 4.90 Å². The summed E-state index contributed by atoms with van der Waals surface area (Å²) in [5.74, 6) is 0.130. The van der Waals surface area contributed by atoms with Crippen LogP contribution in [0.3, 0.4) is 0 Å². The summed E-state index contributed by atoms with van der Waals surface area (Å²) in [5.41, 5.74) is 6.53. The number of phenols is 1. The maximum absolute atomic E-state index is 9.26. The molecule has 0 saturated heterocycles. The van der Waals surface area contributed by atoms with Crippen molar-refractivity contribution in [2.75, 3.05) is 20.1 Å². The number of hydrogen-bond donors (Lipinski definition) is 2. The Balaban J connectivity index is 2.53. The summed E-state index contributed by atoms with van der Waals surface area (Å²) < 4.78 is 0. The van der Waals surface area contributed by atoms with E-state index in [1.54, 1.807) is 12.1 Å². The quantitative estimate of drug-likeness (QED) is 0.809. The Hall–Kier alpha value is -0.770. The molecule has 1 rings (SSSR count). The van der Waals surface area contributed by atoms with Crippen molar-refractivity contribution in [2.24, 2.45) is 5.73 Å². The molecule has 0 aliphatic rings. The Morgan fingerprint density at radius 2 is 2.20 bits per heavy atom. The number of benzene rings is 1. The second-order valence-corrected chi connectivity index (χ2v) is 4.07. The summed E-state index contributed by atoms with van der Waals surface area (Å²) in [6.07, 6.45) is 0.988. The van der Waals surface area contributed by atoms with Crippen molar-refractivity contribution in [1.82, 2.24) is 4.90 Å². The fourth-order valence-corrected chi connectivity index (χ4v) is 1.60. The second-order valence-electron chi connectivity index (χ2n) is 3.67. The molecule has 1 aromatic carbocycles. The van der Waals surface area contributed by atoms with Gasteiger partial charge in [-0.3, -0.25) is 0 Å². The smallest absolute Gasteiger partial charge is 0.134 e. The number of halogens is 1. The van der Waals surface area contributed by atoms with Gasteiger partial charge in [-0.1, -0.05) is 17.7 Å². The van der Waals surface area contributed by atoms with E-state index < -0.39 is 0 Å². The van der Waals surface area contributed by atoms with Crippen molar-refractivity contribution in [3.63, 3.8) is 0 Å². The molecule has 0 atom stereocenters. The zero-order valence-corrected chi connectivity index (χ0v) is 9.67. The molecule has 0 amide bonds. The van der Waals surface area contributed by atoms with Crippen LogP contribution in [0.25, 0.3) is 0 Å². The van der Waals surface area contributed by atoms with Gasteiger partial charge >= 0.3 is 0 Å². The van der Waals surface area contributed by atoms with E-state index >= 15 is 0 Å². The number of nitrogens with zero attached hydrogens (tertiary/aromatic N) is 1. The molecule has 0 spiro atoms. The maximum Gasteiger partial charge on any atom is 0.134 e. The highest BCUT2D eigenvalue weighted by Crippen LogP contribution is 2.23. The summed E-state index contributed by atoms with van der Waals surface area (Å²) in [6.45, 7) is 2.50. The normalized spacial score (nSPS) is 10.9. The predicted octanol–water partition coefficient (Wildman–Crippen LogP) is 1.83. The zero-order chi connectivity index (χ0) is 11.3. The van der Waals surface area contributed by atoms with Crippen molar-refractivity contribution >= 4 is 11.6 Å². The van der Waals surface area contributed by atoms with E-state index in [9.17, 15) is 5.11 Å². The fraction of sp³-hybridized carbons (Fsp3) is 0.455. The van der Waals surface area contributed by atoms with Crippen molar-refractivity contribution in [3.8, 4) is 5.75 Å². The molecule has 0 fully saturated rings. The summed E-state index contributed by atoms with van der Waals surface area (Å²) >= 11 is 5.81. The first-order valence-corrected chi connectivity index (χ1v) is 5.37. The molecule has 0 unspecified atom stereocenters. The third kappa shape index (κ3) is 4.08. The highest BCUT2D eigenvalue weighted by molar-refractivity contribution is 6.32. The van der Waals surface area contributed by atoms with Gasteiger partial charge < -0.3 is 15.7 Å². The first-order chi connectivity index (χ1) is 7.13. The molecule has 0 aliphatic heterocycles. The van der Waals surface area contributed by atoms with Crippen LogP contribution in [0.1, 0.15) is 12.0 Å². The number of hydrogen-bond acceptors (Lipinski definition) is 3. The van der Waals surface area contributed by atoms with Gasteiger partial charge in [-0.05, 0) is 44.3 Å². The van der Waals surface area contributed by atoms with Crippen molar-refractivity contribution < 1.29 is 5.11 Å². The predicted molar refractivity (Wildman–Crippen MR) is 63.1 cm³/mol. The lowest BCUT2D eigenvalue weighted by Crippen LogP contribution is -2.21. The number of aromatic hydroxyl groups is 1. The van der Waals surface area contributed by atoms with Crippen LogP contribution in [-0.2, 0) is 6.54 Å². The Morgan fingerprint density at radius 3 is 2.80 bits per heavy atom. The van der Waals surface area contributed by atoms with E-state index in [1.165, 1.54) is 0 Å². The molecule has 0 aromatic heterocycles. The van der Waals surface area contributed by atoms with Gasteiger partial charge in [-0.25, -0.2) is 0 Å². The van der Waals surface area contributed by atoms with Crippen LogP contribution in [0.15, 0.2) is 18.2 Å². The molecule has 3 nitrogen and oxygen atoms in total. The standard InChI is InChI=1S/C11H17ClN2O/c1-14(6-2-5-13)8-9-3-4-11(15)10(12)7-9/h3-4,7,15H,2,5-6,8,13H2,1H3. The zero-order valence-electron chi connectivity index (χ0n) is 8.91. The van der Waals surface area contributed by atoms with Crippen LogP contribution in [0.2, 0.25) is 5.02 Å². The van der Waals surface area contributed by atoms with E-state index in [-0.39, 0.29) is 5.75 Å². The third-order valence-corrected chi connectivity index (χ3v) is 2.51. The Kier molecular flexibility index (Phi) is 4.88. The number of nitrogens with two attached hydrogens (primary N) is 1. The van der Waals surface area contributed by atoms with Crippen LogP contribution in [0.5, 0.6) is 5.75 Å². The first kappa shape index (κ1) is 12.3. The summed E-state index contributed by atoms with van der Waals surface area (Å²) in [5, 5.41) is 9.66. The molecule has 15 heavy (non-hydrogen) atoms. The monoisotopic (exact) mass is 228 g/mol. The molecule has 0 saturated carbocycles. The minimum Gasteiger partial charge on any atom is -0.506 e. The van der Waals surface area contributed by atoms with E-state index in [0.29, 0.717) is 11.6 Å². The largest absolute Gasteiger partial charge is 0.506 e. The topological polar surface area (TPSA) is 49.5 Å². The average Bonchev–Trinajstić information content (AvgIpc) is 2.20. The molecule has 1 aromatic rings. The molecule has 4 heteroatoms. The molecular formula is C11H17ClN2O. The lowest BCUT2D eigenvalue weighted by molar-refractivity contribution is 0.324. The Morgan fingerprint density at radius 1 is 1.47 bits per heavy atom. The van der Waals surface area contributed by atoms with E-state index in [0.717, 1.165) is 25.1 Å². The van der Waals surface area contributed by atoms with Gasteiger partial charge in [0.15, 0.2) is 0 Å². The summed E-state index contributed by atoms with van der Waals surface area (Å²) in [6, 6.07) is 5.28. The van der Waals surface area contributed by atoms with Crippen LogP contribution in [0, 0.1) is 0 Å².